The van der Waals surface area contributed by atoms with Crippen LogP contribution < -0.4 is 5.32 Å². The van der Waals surface area contributed by atoms with E-state index in [-0.39, 0.29) is 0 Å². The van der Waals surface area contributed by atoms with Crippen molar-refractivity contribution in [1.29, 1.82) is 0 Å². The predicted molar refractivity (Wildman–Crippen MR) is 62.6 cm³/mol. The van der Waals surface area contributed by atoms with Gasteiger partial charge in [0.15, 0.2) is 5.13 Å². The standard InChI is InChI=1S/C9H11ClN4S/c1-2-11-9-12-4-8(15-9)6-14-5-7(10)3-13-14/h3-5H,2,6H2,1H3,(H,11,12). The van der Waals surface area contributed by atoms with Gasteiger partial charge < -0.3 is 5.32 Å². The minimum absolute atomic E-state index is 0.659. The summed E-state index contributed by atoms with van der Waals surface area (Å²) in [6.07, 6.45) is 5.29. The first kappa shape index (κ1) is 10.4. The van der Waals surface area contributed by atoms with Crippen LogP contribution in [0.2, 0.25) is 5.02 Å². The molecule has 0 aliphatic heterocycles. The molecule has 0 atom stereocenters. The molecule has 15 heavy (non-hydrogen) atoms. The lowest BCUT2D eigenvalue weighted by atomic mass is 10.5. The molecule has 0 aromatic carbocycles. The second kappa shape index (κ2) is 4.63. The number of rotatable bonds is 4. The summed E-state index contributed by atoms with van der Waals surface area (Å²) in [7, 11) is 0. The van der Waals surface area contributed by atoms with E-state index in [9.17, 15) is 0 Å². The highest BCUT2D eigenvalue weighted by molar-refractivity contribution is 7.15. The Bertz CT molecular complexity index is 437. The molecule has 0 fully saturated rings. The van der Waals surface area contributed by atoms with E-state index >= 15 is 0 Å². The Morgan fingerprint density at radius 2 is 2.40 bits per heavy atom. The first-order valence-corrected chi connectivity index (χ1v) is 5.84. The Balaban J connectivity index is 2.04. The van der Waals surface area contributed by atoms with Crippen molar-refractivity contribution < 1.29 is 0 Å². The van der Waals surface area contributed by atoms with Crippen molar-refractivity contribution in [2.45, 2.75) is 13.5 Å². The highest BCUT2D eigenvalue weighted by Crippen LogP contribution is 2.19. The number of hydrogen-bond acceptors (Lipinski definition) is 4. The number of thiazole rings is 1. The van der Waals surface area contributed by atoms with Gasteiger partial charge in [0.2, 0.25) is 0 Å². The van der Waals surface area contributed by atoms with Gasteiger partial charge in [-0.15, -0.1) is 11.3 Å². The summed E-state index contributed by atoms with van der Waals surface area (Å²) < 4.78 is 1.80. The number of halogens is 1. The summed E-state index contributed by atoms with van der Waals surface area (Å²) in [6, 6.07) is 0. The third-order valence-electron chi connectivity index (χ3n) is 1.80. The zero-order chi connectivity index (χ0) is 10.7. The summed E-state index contributed by atoms with van der Waals surface area (Å²) in [5, 5.41) is 8.89. The second-order valence-corrected chi connectivity index (χ2v) is 4.57. The number of nitrogens with zero attached hydrogens (tertiary/aromatic N) is 3. The molecule has 6 heteroatoms. The molecule has 0 aliphatic carbocycles. The molecule has 4 nitrogen and oxygen atoms in total. The van der Waals surface area contributed by atoms with Crippen LogP contribution in [0.1, 0.15) is 11.8 Å². The van der Waals surface area contributed by atoms with Crippen LogP contribution in [0.5, 0.6) is 0 Å². The van der Waals surface area contributed by atoms with Gasteiger partial charge >= 0.3 is 0 Å². The Labute approximate surface area is 96.9 Å². The van der Waals surface area contributed by atoms with Crippen molar-refractivity contribution in [1.82, 2.24) is 14.8 Å². The Morgan fingerprint density at radius 1 is 1.53 bits per heavy atom. The quantitative estimate of drug-likeness (QED) is 0.896. The lowest BCUT2D eigenvalue weighted by molar-refractivity contribution is 0.694. The first-order valence-electron chi connectivity index (χ1n) is 4.64. The Hall–Kier alpha value is -1.07. The SMILES string of the molecule is CCNc1ncc(Cn2cc(Cl)cn2)s1. The van der Waals surface area contributed by atoms with Crippen LogP contribution in [0.15, 0.2) is 18.6 Å². The zero-order valence-electron chi connectivity index (χ0n) is 8.27. The Kier molecular flexibility index (Phi) is 3.23. The highest BCUT2D eigenvalue weighted by Gasteiger charge is 2.02. The van der Waals surface area contributed by atoms with Crippen LogP contribution in [0.3, 0.4) is 0 Å². The van der Waals surface area contributed by atoms with Crippen molar-refractivity contribution in [3.8, 4) is 0 Å². The van der Waals surface area contributed by atoms with E-state index in [1.807, 2.05) is 13.1 Å². The smallest absolute Gasteiger partial charge is 0.182 e. The molecular weight excluding hydrogens is 232 g/mol. The number of anilines is 1. The summed E-state index contributed by atoms with van der Waals surface area (Å²) >= 11 is 7.41. The average molecular weight is 243 g/mol. The second-order valence-electron chi connectivity index (χ2n) is 3.02. The van der Waals surface area contributed by atoms with Crippen LogP contribution in [-0.4, -0.2) is 21.3 Å². The monoisotopic (exact) mass is 242 g/mol. The predicted octanol–water partition coefficient (Wildman–Crippen LogP) is 2.47. The van der Waals surface area contributed by atoms with Gasteiger partial charge in [0.1, 0.15) is 0 Å². The molecule has 0 amide bonds. The summed E-state index contributed by atoms with van der Waals surface area (Å²) in [5.41, 5.74) is 0. The van der Waals surface area contributed by atoms with Gasteiger partial charge in [-0.2, -0.15) is 5.10 Å². The number of hydrogen-bond donors (Lipinski definition) is 1. The lowest BCUT2D eigenvalue weighted by Crippen LogP contribution is -1.97. The number of aromatic nitrogens is 3. The molecule has 2 rings (SSSR count). The molecule has 0 saturated heterocycles. The fourth-order valence-electron chi connectivity index (χ4n) is 1.20. The first-order chi connectivity index (χ1) is 7.28. The van der Waals surface area contributed by atoms with Crippen molar-refractivity contribution >= 4 is 28.1 Å². The third kappa shape index (κ3) is 2.70. The lowest BCUT2D eigenvalue weighted by Gasteiger charge is -1.96. The van der Waals surface area contributed by atoms with Gasteiger partial charge in [-0.25, -0.2) is 4.98 Å². The van der Waals surface area contributed by atoms with E-state index in [0.717, 1.165) is 23.1 Å². The molecule has 0 aliphatic rings. The summed E-state index contributed by atoms with van der Waals surface area (Å²) in [5.74, 6) is 0. The zero-order valence-corrected chi connectivity index (χ0v) is 9.85. The maximum Gasteiger partial charge on any atom is 0.182 e. The molecule has 1 N–H and O–H groups in total. The van der Waals surface area contributed by atoms with Gasteiger partial charge in [0.25, 0.3) is 0 Å². The minimum atomic E-state index is 0.659. The molecular formula is C9H11ClN4S. The van der Waals surface area contributed by atoms with Gasteiger partial charge in [-0.05, 0) is 6.92 Å². The fourth-order valence-corrected chi connectivity index (χ4v) is 2.23. The minimum Gasteiger partial charge on any atom is -0.362 e. The maximum atomic E-state index is 5.77. The van der Waals surface area contributed by atoms with E-state index in [1.54, 1.807) is 28.4 Å². The normalized spacial score (nSPS) is 10.5. The molecule has 0 bridgehead atoms. The van der Waals surface area contributed by atoms with Crippen molar-refractivity contribution in [2.75, 3.05) is 11.9 Å². The van der Waals surface area contributed by atoms with Crippen molar-refractivity contribution in [3.63, 3.8) is 0 Å². The fraction of sp³-hybridized carbons (Fsp3) is 0.333. The molecule has 2 heterocycles. The van der Waals surface area contributed by atoms with Crippen LogP contribution in [0, 0.1) is 0 Å². The molecule has 0 spiro atoms. The van der Waals surface area contributed by atoms with E-state index < -0.39 is 0 Å². The largest absolute Gasteiger partial charge is 0.362 e. The topological polar surface area (TPSA) is 42.7 Å². The molecule has 0 radical (unpaired) electrons. The summed E-state index contributed by atoms with van der Waals surface area (Å²) in [4.78, 5) is 5.40. The van der Waals surface area contributed by atoms with E-state index in [1.165, 1.54) is 0 Å². The third-order valence-corrected chi connectivity index (χ3v) is 2.94. The summed E-state index contributed by atoms with van der Waals surface area (Å²) in [6.45, 7) is 3.66. The molecule has 2 aromatic heterocycles. The van der Waals surface area contributed by atoms with Crippen LogP contribution >= 0.6 is 22.9 Å². The maximum absolute atomic E-state index is 5.77. The van der Waals surface area contributed by atoms with Crippen LogP contribution in [0.25, 0.3) is 0 Å². The van der Waals surface area contributed by atoms with Crippen LogP contribution in [-0.2, 0) is 6.54 Å². The number of nitrogens with one attached hydrogen (secondary N) is 1. The van der Waals surface area contributed by atoms with Gasteiger partial charge in [0.05, 0.1) is 17.8 Å². The molecule has 80 valence electrons. The van der Waals surface area contributed by atoms with Crippen molar-refractivity contribution in [3.05, 3.63) is 28.5 Å². The van der Waals surface area contributed by atoms with Gasteiger partial charge in [-0.3, -0.25) is 4.68 Å². The van der Waals surface area contributed by atoms with Crippen molar-refractivity contribution in [2.24, 2.45) is 0 Å². The molecule has 0 saturated carbocycles. The average Bonchev–Trinajstić information content (AvgIpc) is 2.78. The van der Waals surface area contributed by atoms with E-state index in [2.05, 4.69) is 15.4 Å². The van der Waals surface area contributed by atoms with Crippen LogP contribution in [0.4, 0.5) is 5.13 Å². The highest BCUT2D eigenvalue weighted by atomic mass is 35.5. The van der Waals surface area contributed by atoms with E-state index in [4.69, 9.17) is 11.6 Å². The van der Waals surface area contributed by atoms with Gasteiger partial charge in [-0.1, -0.05) is 11.6 Å². The molecule has 0 unspecified atom stereocenters. The van der Waals surface area contributed by atoms with Gasteiger partial charge in [0, 0.05) is 23.8 Å². The van der Waals surface area contributed by atoms with E-state index in [0.29, 0.717) is 5.02 Å². The molecule has 2 aromatic rings. The Morgan fingerprint density at radius 3 is 3.07 bits per heavy atom.